The molecule has 0 aliphatic carbocycles. The normalized spacial score (nSPS) is 17.9. The highest BCUT2D eigenvalue weighted by Crippen LogP contribution is 2.15. The number of nitrogens with zero attached hydrogens (tertiary/aromatic N) is 1. The largest absolute Gasteiger partial charge is 0.494 e. The van der Waals surface area contributed by atoms with Crippen LogP contribution in [0.2, 0.25) is 0 Å². The Morgan fingerprint density at radius 1 is 1.22 bits per heavy atom. The minimum atomic E-state index is 0.484. The molecule has 1 heterocycles. The van der Waals surface area contributed by atoms with Gasteiger partial charge in [0.2, 0.25) is 0 Å². The number of aryl methyl sites for hydroxylation is 1. The fourth-order valence-electron chi connectivity index (χ4n) is 2.50. The molecular weight excluding hydrogens is 224 g/mol. The van der Waals surface area contributed by atoms with E-state index in [4.69, 9.17) is 10.5 Å². The summed E-state index contributed by atoms with van der Waals surface area (Å²) in [6.07, 6.45) is 3.65. The maximum absolute atomic E-state index is 5.85. The number of benzene rings is 1. The number of likely N-dealkylation sites (tertiary alicyclic amines) is 1. The summed E-state index contributed by atoms with van der Waals surface area (Å²) in [5, 5.41) is 0. The van der Waals surface area contributed by atoms with Crippen molar-refractivity contribution in [3.63, 3.8) is 0 Å². The zero-order valence-electron chi connectivity index (χ0n) is 11.3. The monoisotopic (exact) mass is 248 g/mol. The maximum Gasteiger partial charge on any atom is 0.119 e. The van der Waals surface area contributed by atoms with Crippen molar-refractivity contribution < 1.29 is 4.74 Å². The summed E-state index contributed by atoms with van der Waals surface area (Å²) in [6.45, 7) is 5.97. The van der Waals surface area contributed by atoms with Gasteiger partial charge >= 0.3 is 0 Å². The zero-order valence-corrected chi connectivity index (χ0v) is 11.3. The van der Waals surface area contributed by atoms with Crippen LogP contribution < -0.4 is 10.5 Å². The molecule has 1 saturated heterocycles. The molecule has 1 aliphatic heterocycles. The van der Waals surface area contributed by atoms with Gasteiger partial charge in [-0.3, -0.25) is 4.90 Å². The highest BCUT2D eigenvalue weighted by Gasteiger charge is 2.20. The van der Waals surface area contributed by atoms with Crippen molar-refractivity contribution in [3.8, 4) is 5.75 Å². The molecule has 2 rings (SSSR count). The van der Waals surface area contributed by atoms with Gasteiger partial charge in [-0.1, -0.05) is 17.7 Å². The highest BCUT2D eigenvalue weighted by molar-refractivity contribution is 5.26. The second-order valence-electron chi connectivity index (χ2n) is 5.08. The van der Waals surface area contributed by atoms with Gasteiger partial charge in [0.25, 0.3) is 0 Å². The standard InChI is InChI=1S/C15H24N2O/c1-13-4-6-15(7-5-13)18-11-8-14(12-16)17-9-2-3-10-17/h4-7,14H,2-3,8-12,16H2,1H3. The third-order valence-electron chi connectivity index (χ3n) is 3.67. The van der Waals surface area contributed by atoms with E-state index in [-0.39, 0.29) is 0 Å². The summed E-state index contributed by atoms with van der Waals surface area (Å²) < 4.78 is 5.77. The van der Waals surface area contributed by atoms with Crippen LogP contribution in [0.1, 0.15) is 24.8 Å². The van der Waals surface area contributed by atoms with Crippen LogP contribution in [0.25, 0.3) is 0 Å². The van der Waals surface area contributed by atoms with Crippen LogP contribution in [0.5, 0.6) is 5.75 Å². The molecule has 1 fully saturated rings. The molecule has 0 bridgehead atoms. The topological polar surface area (TPSA) is 38.5 Å². The van der Waals surface area contributed by atoms with Crippen LogP contribution in [-0.4, -0.2) is 37.2 Å². The minimum absolute atomic E-state index is 0.484. The van der Waals surface area contributed by atoms with Crippen molar-refractivity contribution >= 4 is 0 Å². The molecule has 0 saturated carbocycles. The third kappa shape index (κ3) is 3.72. The van der Waals surface area contributed by atoms with E-state index in [2.05, 4.69) is 24.0 Å². The summed E-state index contributed by atoms with van der Waals surface area (Å²) in [5.74, 6) is 0.956. The van der Waals surface area contributed by atoms with Gasteiger partial charge in [0, 0.05) is 12.6 Å². The van der Waals surface area contributed by atoms with Crippen LogP contribution in [0.4, 0.5) is 0 Å². The molecule has 0 spiro atoms. The fraction of sp³-hybridized carbons (Fsp3) is 0.600. The van der Waals surface area contributed by atoms with Gasteiger partial charge in [0.15, 0.2) is 0 Å². The molecule has 2 N–H and O–H groups in total. The van der Waals surface area contributed by atoms with E-state index in [1.807, 2.05) is 12.1 Å². The van der Waals surface area contributed by atoms with Crippen LogP contribution in [0.15, 0.2) is 24.3 Å². The minimum Gasteiger partial charge on any atom is -0.494 e. The van der Waals surface area contributed by atoms with E-state index in [1.165, 1.54) is 31.5 Å². The first-order valence-electron chi connectivity index (χ1n) is 6.93. The van der Waals surface area contributed by atoms with Gasteiger partial charge in [-0.2, -0.15) is 0 Å². The molecule has 1 unspecified atom stereocenters. The molecule has 3 heteroatoms. The highest BCUT2D eigenvalue weighted by atomic mass is 16.5. The Hall–Kier alpha value is -1.06. The summed E-state index contributed by atoms with van der Waals surface area (Å²) in [4.78, 5) is 2.50. The van der Waals surface area contributed by atoms with Crippen molar-refractivity contribution in [3.05, 3.63) is 29.8 Å². The number of hydrogen-bond donors (Lipinski definition) is 1. The van der Waals surface area contributed by atoms with Crippen molar-refractivity contribution in [2.45, 2.75) is 32.2 Å². The Bertz CT molecular complexity index is 344. The molecule has 1 atom stereocenters. The van der Waals surface area contributed by atoms with Crippen molar-refractivity contribution in [1.29, 1.82) is 0 Å². The van der Waals surface area contributed by atoms with E-state index >= 15 is 0 Å². The summed E-state index contributed by atoms with van der Waals surface area (Å²) >= 11 is 0. The first-order chi connectivity index (χ1) is 8.79. The first-order valence-corrected chi connectivity index (χ1v) is 6.93. The van der Waals surface area contributed by atoms with Crippen LogP contribution in [-0.2, 0) is 0 Å². The number of ether oxygens (including phenoxy) is 1. The number of hydrogen-bond acceptors (Lipinski definition) is 3. The Balaban J connectivity index is 1.74. The molecule has 1 aromatic rings. The zero-order chi connectivity index (χ0) is 12.8. The summed E-state index contributed by atoms with van der Waals surface area (Å²) in [5.41, 5.74) is 7.12. The van der Waals surface area contributed by atoms with E-state index in [0.29, 0.717) is 6.04 Å². The molecule has 3 nitrogen and oxygen atoms in total. The van der Waals surface area contributed by atoms with Gasteiger partial charge < -0.3 is 10.5 Å². The van der Waals surface area contributed by atoms with Gasteiger partial charge in [0.1, 0.15) is 5.75 Å². The molecule has 1 aromatic carbocycles. The molecule has 1 aliphatic rings. The third-order valence-corrected chi connectivity index (χ3v) is 3.67. The lowest BCUT2D eigenvalue weighted by atomic mass is 10.2. The molecule has 18 heavy (non-hydrogen) atoms. The number of rotatable bonds is 6. The van der Waals surface area contributed by atoms with Crippen molar-refractivity contribution in [2.24, 2.45) is 5.73 Å². The van der Waals surface area contributed by atoms with Crippen LogP contribution >= 0.6 is 0 Å². The van der Waals surface area contributed by atoms with E-state index < -0.39 is 0 Å². The fourth-order valence-corrected chi connectivity index (χ4v) is 2.50. The van der Waals surface area contributed by atoms with Gasteiger partial charge in [0.05, 0.1) is 6.61 Å². The summed E-state index contributed by atoms with van der Waals surface area (Å²) in [7, 11) is 0. The van der Waals surface area contributed by atoms with E-state index in [9.17, 15) is 0 Å². The second kappa shape index (κ2) is 6.76. The van der Waals surface area contributed by atoms with E-state index in [0.717, 1.165) is 25.3 Å². The molecule has 100 valence electrons. The predicted octanol–water partition coefficient (Wildman–Crippen LogP) is 2.19. The van der Waals surface area contributed by atoms with Crippen molar-refractivity contribution in [1.82, 2.24) is 4.90 Å². The Labute approximate surface area is 110 Å². The van der Waals surface area contributed by atoms with Gasteiger partial charge in [-0.25, -0.2) is 0 Å². The lowest BCUT2D eigenvalue weighted by Crippen LogP contribution is -2.39. The van der Waals surface area contributed by atoms with Crippen LogP contribution in [0, 0.1) is 6.92 Å². The predicted molar refractivity (Wildman–Crippen MR) is 74.9 cm³/mol. The average Bonchev–Trinajstić information content (AvgIpc) is 2.91. The Morgan fingerprint density at radius 3 is 2.50 bits per heavy atom. The van der Waals surface area contributed by atoms with Gasteiger partial charge in [-0.05, 0) is 51.4 Å². The Kier molecular flexibility index (Phi) is 5.02. The lowest BCUT2D eigenvalue weighted by Gasteiger charge is -2.26. The van der Waals surface area contributed by atoms with Crippen LogP contribution in [0.3, 0.4) is 0 Å². The van der Waals surface area contributed by atoms with E-state index in [1.54, 1.807) is 0 Å². The smallest absolute Gasteiger partial charge is 0.119 e. The summed E-state index contributed by atoms with van der Waals surface area (Å²) in [6, 6.07) is 8.70. The molecule has 0 aromatic heterocycles. The quantitative estimate of drug-likeness (QED) is 0.838. The average molecular weight is 248 g/mol. The lowest BCUT2D eigenvalue weighted by molar-refractivity contribution is 0.197. The first kappa shape index (κ1) is 13.4. The molecule has 0 amide bonds. The number of nitrogens with two attached hydrogens (primary N) is 1. The Morgan fingerprint density at radius 2 is 1.89 bits per heavy atom. The maximum atomic E-state index is 5.85. The van der Waals surface area contributed by atoms with Crippen molar-refractivity contribution in [2.75, 3.05) is 26.2 Å². The second-order valence-corrected chi connectivity index (χ2v) is 5.08. The SMILES string of the molecule is Cc1ccc(OCCC(CN)N2CCCC2)cc1. The molecule has 0 radical (unpaired) electrons. The van der Waals surface area contributed by atoms with Gasteiger partial charge in [-0.15, -0.1) is 0 Å². The molecular formula is C15H24N2O.